The zero-order chi connectivity index (χ0) is 22.4. The van der Waals surface area contributed by atoms with Gasteiger partial charge in [-0.2, -0.15) is 0 Å². The van der Waals surface area contributed by atoms with Crippen molar-refractivity contribution in [2.75, 3.05) is 20.2 Å². The molecule has 10 heteroatoms. The summed E-state index contributed by atoms with van der Waals surface area (Å²) in [5, 5.41) is 6.24. The molecule has 2 amide bonds. The van der Waals surface area contributed by atoms with Crippen LogP contribution >= 0.6 is 12.2 Å². The molecule has 2 aromatic heterocycles. The molecule has 0 unspecified atom stereocenters. The van der Waals surface area contributed by atoms with E-state index in [4.69, 9.17) is 17.0 Å². The summed E-state index contributed by atoms with van der Waals surface area (Å²) in [5.41, 5.74) is 1.83. The van der Waals surface area contributed by atoms with Crippen molar-refractivity contribution < 1.29 is 14.3 Å². The zero-order valence-corrected chi connectivity index (χ0v) is 18.5. The highest BCUT2D eigenvalue weighted by Crippen LogP contribution is 2.25. The predicted octanol–water partition coefficient (Wildman–Crippen LogP) is 2.36. The molecule has 2 heterocycles. The number of amides is 2. The van der Waals surface area contributed by atoms with E-state index in [1.54, 1.807) is 11.7 Å². The number of aromatic amines is 2. The van der Waals surface area contributed by atoms with Crippen LogP contribution in [-0.2, 0) is 16.1 Å². The second-order valence-electron chi connectivity index (χ2n) is 7.32. The van der Waals surface area contributed by atoms with Crippen LogP contribution in [0.4, 0.5) is 0 Å². The lowest BCUT2D eigenvalue weighted by molar-refractivity contribution is -0.122. The molecule has 0 aliphatic rings. The van der Waals surface area contributed by atoms with Crippen LogP contribution in [0.5, 0.6) is 5.75 Å². The van der Waals surface area contributed by atoms with E-state index in [1.165, 1.54) is 6.92 Å². The van der Waals surface area contributed by atoms with E-state index >= 15 is 0 Å². The van der Waals surface area contributed by atoms with Crippen LogP contribution in [0.3, 0.4) is 0 Å². The van der Waals surface area contributed by atoms with Crippen molar-refractivity contribution >= 4 is 46.0 Å². The van der Waals surface area contributed by atoms with Crippen molar-refractivity contribution in [1.82, 2.24) is 25.2 Å². The molecule has 9 nitrogen and oxygen atoms in total. The van der Waals surface area contributed by atoms with Gasteiger partial charge in [-0.15, -0.1) is 0 Å². The molecule has 0 aliphatic heterocycles. The first-order chi connectivity index (χ1) is 14.9. The highest BCUT2D eigenvalue weighted by atomic mass is 32.1. The van der Waals surface area contributed by atoms with Gasteiger partial charge in [-0.05, 0) is 43.3 Å². The molecular weight excluding hydrogens is 418 g/mol. The fraction of sp³-hybridized carbons (Fsp3) is 0.429. The monoisotopic (exact) mass is 445 g/mol. The van der Waals surface area contributed by atoms with Gasteiger partial charge in [-0.3, -0.25) is 19.0 Å². The van der Waals surface area contributed by atoms with Gasteiger partial charge in [0.25, 0.3) is 5.56 Å². The molecule has 4 N–H and O–H groups in total. The number of aromatic nitrogens is 3. The smallest absolute Gasteiger partial charge is 0.278 e. The van der Waals surface area contributed by atoms with E-state index in [0.717, 1.165) is 23.7 Å². The molecule has 0 saturated heterocycles. The van der Waals surface area contributed by atoms with Crippen molar-refractivity contribution in [1.29, 1.82) is 0 Å². The van der Waals surface area contributed by atoms with Crippen LogP contribution in [-0.4, -0.2) is 46.5 Å². The number of rotatable bonds is 10. The van der Waals surface area contributed by atoms with E-state index in [-0.39, 0.29) is 17.4 Å². The van der Waals surface area contributed by atoms with E-state index < -0.39 is 0 Å². The maximum atomic E-state index is 13.0. The Hall–Kier alpha value is -3.14. The number of carbonyl (C=O) groups is 2. The van der Waals surface area contributed by atoms with Crippen molar-refractivity contribution in [2.45, 2.75) is 39.2 Å². The first-order valence-corrected chi connectivity index (χ1v) is 10.6. The minimum atomic E-state index is -0.162. The number of fused-ring (bicyclic) bond motifs is 3. The number of nitrogens with one attached hydrogen (secondary N) is 4. The van der Waals surface area contributed by atoms with Crippen molar-refractivity contribution in [3.63, 3.8) is 0 Å². The first kappa shape index (κ1) is 22.5. The van der Waals surface area contributed by atoms with Gasteiger partial charge in [0.2, 0.25) is 11.8 Å². The van der Waals surface area contributed by atoms with Crippen LogP contribution in [0.25, 0.3) is 21.9 Å². The molecule has 0 aliphatic carbocycles. The summed E-state index contributed by atoms with van der Waals surface area (Å²) >= 11 is 5.42. The normalized spacial score (nSPS) is 11.0. The molecule has 0 atom stereocenters. The summed E-state index contributed by atoms with van der Waals surface area (Å²) in [6, 6.07) is 5.57. The molecule has 0 saturated carbocycles. The maximum absolute atomic E-state index is 13.0. The van der Waals surface area contributed by atoms with E-state index in [9.17, 15) is 14.4 Å². The summed E-state index contributed by atoms with van der Waals surface area (Å²) in [7, 11) is 1.60. The number of unbranched alkanes of at least 4 members (excludes halogenated alkanes) is 2. The van der Waals surface area contributed by atoms with Gasteiger partial charge in [0, 0.05) is 43.9 Å². The van der Waals surface area contributed by atoms with Crippen molar-refractivity contribution in [2.24, 2.45) is 0 Å². The van der Waals surface area contributed by atoms with Gasteiger partial charge in [-0.25, -0.2) is 0 Å². The average molecular weight is 446 g/mol. The molecular formula is C21H27N5O4S. The number of methoxy groups -OCH3 is 1. The fourth-order valence-electron chi connectivity index (χ4n) is 3.45. The summed E-state index contributed by atoms with van der Waals surface area (Å²) < 4.78 is 7.20. The van der Waals surface area contributed by atoms with Gasteiger partial charge in [0.1, 0.15) is 11.3 Å². The van der Waals surface area contributed by atoms with Crippen LogP contribution in [0.2, 0.25) is 0 Å². The molecule has 3 rings (SSSR count). The number of carbonyl (C=O) groups excluding carboxylic acids is 2. The van der Waals surface area contributed by atoms with Gasteiger partial charge in [0.15, 0.2) is 4.77 Å². The van der Waals surface area contributed by atoms with E-state index in [2.05, 4.69) is 20.6 Å². The highest BCUT2D eigenvalue weighted by Gasteiger charge is 2.12. The number of H-pyrrole nitrogens is 2. The summed E-state index contributed by atoms with van der Waals surface area (Å²) in [6.45, 7) is 2.75. The molecule has 0 fully saturated rings. The van der Waals surface area contributed by atoms with Crippen LogP contribution in [0.1, 0.15) is 32.6 Å². The predicted molar refractivity (Wildman–Crippen MR) is 122 cm³/mol. The van der Waals surface area contributed by atoms with Gasteiger partial charge in [0.05, 0.1) is 12.6 Å². The zero-order valence-electron chi connectivity index (χ0n) is 17.7. The minimum Gasteiger partial charge on any atom is -0.497 e. The lowest BCUT2D eigenvalue weighted by atomic mass is 10.2. The molecule has 0 bridgehead atoms. The Morgan fingerprint density at radius 2 is 1.87 bits per heavy atom. The lowest BCUT2D eigenvalue weighted by Crippen LogP contribution is -2.33. The van der Waals surface area contributed by atoms with Crippen LogP contribution in [0.15, 0.2) is 23.0 Å². The second kappa shape index (κ2) is 10.3. The Morgan fingerprint density at radius 3 is 2.61 bits per heavy atom. The average Bonchev–Trinajstić information content (AvgIpc) is 3.10. The Balaban J connectivity index is 1.57. The van der Waals surface area contributed by atoms with Gasteiger partial charge in [-0.1, -0.05) is 6.42 Å². The Morgan fingerprint density at radius 1 is 1.10 bits per heavy atom. The number of hydrogen-bond donors (Lipinski definition) is 4. The summed E-state index contributed by atoms with van der Waals surface area (Å²) in [6.07, 6.45) is 2.65. The van der Waals surface area contributed by atoms with Gasteiger partial charge >= 0.3 is 0 Å². The van der Waals surface area contributed by atoms with Crippen LogP contribution < -0.4 is 20.9 Å². The maximum Gasteiger partial charge on any atom is 0.278 e. The third kappa shape index (κ3) is 5.52. The largest absolute Gasteiger partial charge is 0.497 e. The van der Waals surface area contributed by atoms with E-state index in [1.807, 2.05) is 18.2 Å². The molecule has 1 aromatic carbocycles. The minimum absolute atomic E-state index is 0.0465. The number of benzene rings is 1. The molecule has 0 spiro atoms. The third-order valence-corrected chi connectivity index (χ3v) is 5.37. The Kier molecular flexibility index (Phi) is 7.45. The molecule has 3 aromatic rings. The molecule has 166 valence electrons. The van der Waals surface area contributed by atoms with Crippen molar-refractivity contribution in [3.8, 4) is 5.75 Å². The number of ether oxygens (including phenoxy) is 1. The first-order valence-electron chi connectivity index (χ1n) is 10.2. The Bertz CT molecular complexity index is 1210. The summed E-state index contributed by atoms with van der Waals surface area (Å²) in [4.78, 5) is 41.9. The highest BCUT2D eigenvalue weighted by molar-refractivity contribution is 7.71. The quantitative estimate of drug-likeness (QED) is 0.282. The van der Waals surface area contributed by atoms with Crippen molar-refractivity contribution in [3.05, 3.63) is 33.3 Å². The topological polar surface area (TPSA) is 121 Å². The number of nitrogens with zero attached hydrogens (tertiary/aromatic N) is 1. The molecule has 31 heavy (non-hydrogen) atoms. The lowest BCUT2D eigenvalue weighted by Gasteiger charge is -2.07. The number of hydrogen-bond acceptors (Lipinski definition) is 5. The Labute approximate surface area is 184 Å². The second-order valence-corrected chi connectivity index (χ2v) is 7.70. The summed E-state index contributed by atoms with van der Waals surface area (Å²) in [5.74, 6) is 0.541. The standard InChI is InChI=1S/C21H27N5O4S/c1-13(27)22-9-10-23-17(28)6-4-3-5-11-26-20(29)19-18(25-21(26)31)15-12-14(30-2)7-8-16(15)24-19/h7-8,12,24H,3-6,9-11H2,1-2H3,(H,22,27)(H,23,28)(H,25,31). The van der Waals surface area contributed by atoms with E-state index in [0.29, 0.717) is 54.0 Å². The van der Waals surface area contributed by atoms with Gasteiger partial charge < -0.3 is 25.3 Å². The molecule has 0 radical (unpaired) electrons. The third-order valence-electron chi connectivity index (χ3n) is 5.05. The SMILES string of the molecule is COc1ccc2[nH]c3c(=O)n(CCCCCC(=O)NCCNC(C)=O)c(=S)[nH]c3c2c1. The fourth-order valence-corrected chi connectivity index (χ4v) is 3.73. The van der Waals surface area contributed by atoms with Crippen LogP contribution in [0, 0.1) is 4.77 Å².